The molecular weight excluding hydrogens is 408 g/mol. The third-order valence-corrected chi connectivity index (χ3v) is 6.40. The summed E-state index contributed by atoms with van der Waals surface area (Å²) in [5.41, 5.74) is 4.65. The fourth-order valence-electron chi connectivity index (χ4n) is 4.71. The van der Waals surface area contributed by atoms with E-state index in [1.807, 2.05) is 30.5 Å². The van der Waals surface area contributed by atoms with Crippen molar-refractivity contribution in [3.05, 3.63) is 53.3 Å². The highest BCUT2D eigenvalue weighted by Gasteiger charge is 2.39. The van der Waals surface area contributed by atoms with Crippen molar-refractivity contribution < 1.29 is 14.4 Å². The molecule has 2 fully saturated rings. The molecule has 0 aliphatic carbocycles. The molecule has 1 aromatic carbocycles. The Labute approximate surface area is 186 Å². The first-order valence-electron chi connectivity index (χ1n) is 11.0. The quantitative estimate of drug-likeness (QED) is 0.600. The maximum Gasteiger partial charge on any atom is 0.255 e. The summed E-state index contributed by atoms with van der Waals surface area (Å²) in [6.07, 6.45) is 4.25. The number of piperidine rings is 1. The first-order valence-corrected chi connectivity index (χ1v) is 11.0. The van der Waals surface area contributed by atoms with E-state index in [2.05, 4.69) is 25.8 Å². The van der Waals surface area contributed by atoms with E-state index in [1.54, 1.807) is 11.1 Å². The molecule has 4 heterocycles. The summed E-state index contributed by atoms with van der Waals surface area (Å²) < 4.78 is 0. The average Bonchev–Trinajstić information content (AvgIpc) is 3.15. The average molecular weight is 435 g/mol. The van der Waals surface area contributed by atoms with Crippen LogP contribution in [0.5, 0.6) is 0 Å². The molecule has 2 aromatic rings. The normalized spacial score (nSPS) is 20.9. The number of hydrogen-bond acceptors (Lipinski definition) is 7. The van der Waals surface area contributed by atoms with Crippen molar-refractivity contribution in [3.63, 3.8) is 0 Å². The Kier molecular flexibility index (Phi) is 5.48. The Morgan fingerprint density at radius 1 is 1.12 bits per heavy atom. The molecule has 3 N–H and O–H groups in total. The van der Waals surface area contributed by atoms with Gasteiger partial charge in [-0.2, -0.15) is 0 Å². The minimum absolute atomic E-state index is 0.153. The molecular formula is C23H26N6O3. The van der Waals surface area contributed by atoms with Gasteiger partial charge in [0, 0.05) is 57.4 Å². The Morgan fingerprint density at radius 3 is 2.78 bits per heavy atom. The zero-order valence-electron chi connectivity index (χ0n) is 17.8. The van der Waals surface area contributed by atoms with Crippen molar-refractivity contribution in [3.8, 4) is 0 Å². The summed E-state index contributed by atoms with van der Waals surface area (Å²) in [5.74, 6) is -0.825. The number of benzene rings is 1. The van der Waals surface area contributed by atoms with Crippen molar-refractivity contribution in [2.24, 2.45) is 0 Å². The summed E-state index contributed by atoms with van der Waals surface area (Å²) in [6.45, 7) is 4.70. The number of pyridine rings is 1. The number of fused-ring (bicyclic) bond motifs is 1. The summed E-state index contributed by atoms with van der Waals surface area (Å²) in [6, 6.07) is 7.11. The molecule has 5 rings (SSSR count). The molecule has 166 valence electrons. The molecule has 1 aromatic heterocycles. The molecule has 32 heavy (non-hydrogen) atoms. The van der Waals surface area contributed by atoms with Gasteiger partial charge in [-0.3, -0.25) is 24.7 Å². The van der Waals surface area contributed by atoms with Crippen LogP contribution in [0.15, 0.2) is 36.7 Å². The van der Waals surface area contributed by atoms with Gasteiger partial charge in [0.05, 0.1) is 17.6 Å². The van der Waals surface area contributed by atoms with Gasteiger partial charge in [-0.15, -0.1) is 0 Å². The van der Waals surface area contributed by atoms with E-state index in [1.165, 1.54) is 0 Å². The highest BCUT2D eigenvalue weighted by molar-refractivity contribution is 6.05. The molecule has 3 aliphatic rings. The Hall–Kier alpha value is -3.46. The largest absolute Gasteiger partial charge is 0.378 e. The summed E-state index contributed by atoms with van der Waals surface area (Å²) in [7, 11) is 0. The van der Waals surface area contributed by atoms with Crippen LogP contribution < -0.4 is 20.9 Å². The third-order valence-electron chi connectivity index (χ3n) is 6.40. The van der Waals surface area contributed by atoms with Crippen LogP contribution in [0.2, 0.25) is 0 Å². The standard InChI is InChI=1S/C23H26N6O3/c30-21-5-4-20(22(31)27-21)29-14-17-15(2-1-3-16(17)23(29)32)12-26-18-13-25-7-6-19(18)28-10-8-24-9-11-28/h1-3,6-7,13,20,24,26H,4-5,8-12,14H2,(H,27,30,31). The van der Waals surface area contributed by atoms with Crippen LogP contribution in [0.1, 0.15) is 34.3 Å². The van der Waals surface area contributed by atoms with E-state index < -0.39 is 11.9 Å². The summed E-state index contributed by atoms with van der Waals surface area (Å²) >= 11 is 0. The molecule has 3 aliphatic heterocycles. The van der Waals surface area contributed by atoms with Crippen LogP contribution in [-0.4, -0.2) is 59.8 Å². The number of aromatic nitrogens is 1. The molecule has 1 unspecified atom stereocenters. The number of amides is 3. The van der Waals surface area contributed by atoms with Crippen LogP contribution in [0, 0.1) is 0 Å². The van der Waals surface area contributed by atoms with Gasteiger partial charge >= 0.3 is 0 Å². The molecule has 9 nitrogen and oxygen atoms in total. The van der Waals surface area contributed by atoms with E-state index in [-0.39, 0.29) is 18.2 Å². The number of piperazine rings is 1. The summed E-state index contributed by atoms with van der Waals surface area (Å²) in [5, 5.41) is 9.22. The predicted octanol–water partition coefficient (Wildman–Crippen LogP) is 0.864. The smallest absolute Gasteiger partial charge is 0.255 e. The second-order valence-corrected chi connectivity index (χ2v) is 8.33. The zero-order chi connectivity index (χ0) is 22.1. The predicted molar refractivity (Wildman–Crippen MR) is 119 cm³/mol. The molecule has 2 saturated heterocycles. The zero-order valence-corrected chi connectivity index (χ0v) is 17.8. The van der Waals surface area contributed by atoms with Crippen molar-refractivity contribution >= 4 is 29.1 Å². The minimum Gasteiger partial charge on any atom is -0.378 e. The van der Waals surface area contributed by atoms with Crippen LogP contribution in [0.4, 0.5) is 11.4 Å². The monoisotopic (exact) mass is 434 g/mol. The highest BCUT2D eigenvalue weighted by Crippen LogP contribution is 2.31. The molecule has 1 atom stereocenters. The van der Waals surface area contributed by atoms with Crippen LogP contribution in [0.25, 0.3) is 0 Å². The number of imide groups is 1. The van der Waals surface area contributed by atoms with Gasteiger partial charge in [0.15, 0.2) is 0 Å². The van der Waals surface area contributed by atoms with Crippen LogP contribution in [-0.2, 0) is 22.7 Å². The van der Waals surface area contributed by atoms with Gasteiger partial charge in [-0.1, -0.05) is 12.1 Å². The van der Waals surface area contributed by atoms with Gasteiger partial charge in [-0.25, -0.2) is 0 Å². The third kappa shape index (κ3) is 3.80. The van der Waals surface area contributed by atoms with Crippen molar-refractivity contribution in [1.82, 2.24) is 20.5 Å². The fourth-order valence-corrected chi connectivity index (χ4v) is 4.71. The maximum atomic E-state index is 13.0. The number of rotatable bonds is 5. The van der Waals surface area contributed by atoms with E-state index in [0.29, 0.717) is 25.1 Å². The fraction of sp³-hybridized carbons (Fsp3) is 0.391. The molecule has 9 heteroatoms. The summed E-state index contributed by atoms with van der Waals surface area (Å²) in [4.78, 5) is 45.1. The van der Waals surface area contributed by atoms with Gasteiger partial charge in [0.2, 0.25) is 11.8 Å². The number of nitrogens with zero attached hydrogens (tertiary/aromatic N) is 3. The van der Waals surface area contributed by atoms with Gasteiger partial charge in [-0.05, 0) is 29.7 Å². The van der Waals surface area contributed by atoms with E-state index in [0.717, 1.165) is 48.7 Å². The number of nitrogens with one attached hydrogen (secondary N) is 3. The molecule has 0 saturated carbocycles. The van der Waals surface area contributed by atoms with Crippen molar-refractivity contribution in [2.75, 3.05) is 36.4 Å². The van der Waals surface area contributed by atoms with Gasteiger partial charge in [0.25, 0.3) is 5.91 Å². The van der Waals surface area contributed by atoms with E-state index in [4.69, 9.17) is 0 Å². The molecule has 0 spiro atoms. The lowest BCUT2D eigenvalue weighted by Gasteiger charge is -2.31. The second-order valence-electron chi connectivity index (χ2n) is 8.33. The first-order chi connectivity index (χ1) is 15.6. The van der Waals surface area contributed by atoms with Gasteiger partial charge in [0.1, 0.15) is 6.04 Å². The number of hydrogen-bond donors (Lipinski definition) is 3. The second kappa shape index (κ2) is 8.58. The van der Waals surface area contributed by atoms with Gasteiger partial charge < -0.3 is 20.4 Å². The SMILES string of the molecule is O=C1CCC(N2Cc3c(CNc4cnccc4N4CCNCC4)cccc3C2=O)C(=O)N1. The highest BCUT2D eigenvalue weighted by atomic mass is 16.2. The van der Waals surface area contributed by atoms with Crippen LogP contribution in [0.3, 0.4) is 0 Å². The van der Waals surface area contributed by atoms with Crippen molar-refractivity contribution in [2.45, 2.75) is 32.0 Å². The first kappa shape index (κ1) is 20.4. The molecule has 0 radical (unpaired) electrons. The lowest BCUT2D eigenvalue weighted by Crippen LogP contribution is -2.52. The molecule has 3 amide bonds. The lowest BCUT2D eigenvalue weighted by molar-refractivity contribution is -0.136. The number of carbonyl (C=O) groups excluding carboxylic acids is 3. The Balaban J connectivity index is 1.34. The lowest BCUT2D eigenvalue weighted by atomic mass is 10.0. The van der Waals surface area contributed by atoms with E-state index >= 15 is 0 Å². The Bertz CT molecular complexity index is 1070. The van der Waals surface area contributed by atoms with E-state index in [9.17, 15) is 14.4 Å². The van der Waals surface area contributed by atoms with Crippen molar-refractivity contribution in [1.29, 1.82) is 0 Å². The minimum atomic E-state index is -0.606. The Morgan fingerprint density at radius 2 is 1.97 bits per heavy atom. The number of carbonyl (C=O) groups is 3. The maximum absolute atomic E-state index is 13.0. The van der Waals surface area contributed by atoms with Crippen LogP contribution >= 0.6 is 0 Å². The topological polar surface area (TPSA) is 107 Å². The number of anilines is 2. The molecule has 0 bridgehead atoms.